The number of benzene rings is 2. The van der Waals surface area contributed by atoms with Crippen molar-refractivity contribution in [2.75, 3.05) is 0 Å². The lowest BCUT2D eigenvalue weighted by Gasteiger charge is -2.03. The topological polar surface area (TPSA) is 85.9 Å². The number of aliphatic hydroxyl groups is 1. The maximum Gasteiger partial charge on any atom is 0.223 e. The predicted octanol–water partition coefficient (Wildman–Crippen LogP) is 2.95. The van der Waals surface area contributed by atoms with Gasteiger partial charge < -0.3 is 14.5 Å². The molecule has 0 amide bonds. The van der Waals surface area contributed by atoms with Crippen LogP contribution in [-0.4, -0.2) is 15.1 Å². The van der Waals surface area contributed by atoms with Gasteiger partial charge >= 0.3 is 0 Å². The second-order valence-electron chi connectivity index (χ2n) is 5.12. The first-order valence-electron chi connectivity index (χ1n) is 6.92. The Hall–Kier alpha value is -2.92. The summed E-state index contributed by atoms with van der Waals surface area (Å²) in [5.74, 6) is 0.614. The monoisotopic (exact) mass is 291 g/mol. The highest BCUT2D eigenvalue weighted by molar-refractivity contribution is 5.83. The van der Waals surface area contributed by atoms with Crippen LogP contribution in [0, 0.1) is 5.41 Å². The van der Waals surface area contributed by atoms with Crippen LogP contribution in [0.4, 0.5) is 0 Å². The zero-order valence-electron chi connectivity index (χ0n) is 11.6. The molecule has 2 aromatic carbocycles. The lowest BCUT2D eigenvalue weighted by molar-refractivity contribution is 0.282. The maximum atomic E-state index is 9.18. The third-order valence-electron chi connectivity index (χ3n) is 3.66. The summed E-state index contributed by atoms with van der Waals surface area (Å²) < 4.78 is 5.58. The molecule has 0 atom stereocenters. The Bertz CT molecular complexity index is 1010. The van der Waals surface area contributed by atoms with E-state index in [9.17, 15) is 5.11 Å². The van der Waals surface area contributed by atoms with Crippen LogP contribution in [0.5, 0.6) is 0 Å². The van der Waals surface area contributed by atoms with E-state index in [1.807, 2.05) is 42.5 Å². The van der Waals surface area contributed by atoms with Crippen molar-refractivity contribution in [1.29, 1.82) is 5.41 Å². The van der Waals surface area contributed by atoms with E-state index in [1.165, 1.54) is 0 Å². The number of aromatic nitrogens is 2. The van der Waals surface area contributed by atoms with Crippen LogP contribution in [0.2, 0.25) is 0 Å². The van der Waals surface area contributed by atoms with E-state index >= 15 is 0 Å². The van der Waals surface area contributed by atoms with Gasteiger partial charge in [0.2, 0.25) is 5.55 Å². The minimum Gasteiger partial charge on any atom is -0.438 e. The SMILES string of the molecule is N=c1oc2cc(CO)ccc2cc1-c1nc2ccccc2[nH]1. The van der Waals surface area contributed by atoms with E-state index in [0.717, 1.165) is 22.0 Å². The van der Waals surface area contributed by atoms with Gasteiger partial charge in [0.1, 0.15) is 11.4 Å². The van der Waals surface area contributed by atoms with Gasteiger partial charge in [0.05, 0.1) is 23.2 Å². The van der Waals surface area contributed by atoms with Crippen LogP contribution in [0.1, 0.15) is 5.56 Å². The molecule has 0 saturated heterocycles. The first kappa shape index (κ1) is 12.8. The molecule has 108 valence electrons. The molecule has 22 heavy (non-hydrogen) atoms. The second-order valence-corrected chi connectivity index (χ2v) is 5.12. The molecule has 5 nitrogen and oxygen atoms in total. The summed E-state index contributed by atoms with van der Waals surface area (Å²) in [6.45, 7) is -0.0515. The number of hydrogen-bond donors (Lipinski definition) is 3. The number of nitrogens with one attached hydrogen (secondary N) is 2. The third kappa shape index (κ3) is 1.99. The summed E-state index contributed by atoms with van der Waals surface area (Å²) in [6.07, 6.45) is 0. The minimum atomic E-state index is -0.0515. The molecule has 0 aliphatic heterocycles. The van der Waals surface area contributed by atoms with Gasteiger partial charge in [-0.25, -0.2) is 4.98 Å². The molecule has 2 heterocycles. The fraction of sp³-hybridized carbons (Fsp3) is 0.0588. The fourth-order valence-corrected chi connectivity index (χ4v) is 2.53. The highest BCUT2D eigenvalue weighted by Crippen LogP contribution is 2.22. The highest BCUT2D eigenvalue weighted by atomic mass is 16.3. The van der Waals surface area contributed by atoms with Gasteiger partial charge in [-0.3, -0.25) is 5.41 Å². The average Bonchev–Trinajstić information content (AvgIpc) is 2.97. The Labute approximate surface area is 125 Å². The molecule has 0 saturated carbocycles. The second kappa shape index (κ2) is 4.82. The van der Waals surface area contributed by atoms with Crippen LogP contribution in [0.25, 0.3) is 33.4 Å². The smallest absolute Gasteiger partial charge is 0.223 e. The molecule has 5 heteroatoms. The van der Waals surface area contributed by atoms with E-state index in [2.05, 4.69) is 9.97 Å². The predicted molar refractivity (Wildman–Crippen MR) is 83.1 cm³/mol. The number of H-pyrrole nitrogens is 1. The molecule has 0 unspecified atom stereocenters. The number of hydrogen-bond acceptors (Lipinski definition) is 4. The summed E-state index contributed by atoms with van der Waals surface area (Å²) in [7, 11) is 0. The molecule has 0 fully saturated rings. The van der Waals surface area contributed by atoms with E-state index in [4.69, 9.17) is 9.83 Å². The van der Waals surface area contributed by atoms with Gasteiger partial charge in [-0.05, 0) is 29.8 Å². The van der Waals surface area contributed by atoms with Crippen molar-refractivity contribution >= 4 is 22.0 Å². The number of rotatable bonds is 2. The van der Waals surface area contributed by atoms with Gasteiger partial charge in [0.25, 0.3) is 0 Å². The molecule has 2 aromatic heterocycles. The maximum absolute atomic E-state index is 9.18. The lowest BCUT2D eigenvalue weighted by atomic mass is 10.1. The van der Waals surface area contributed by atoms with E-state index < -0.39 is 0 Å². The molecule has 3 N–H and O–H groups in total. The van der Waals surface area contributed by atoms with Crippen molar-refractivity contribution in [3.63, 3.8) is 0 Å². The van der Waals surface area contributed by atoms with Gasteiger partial charge in [0.15, 0.2) is 0 Å². The van der Waals surface area contributed by atoms with E-state index in [0.29, 0.717) is 17.0 Å². The normalized spacial score (nSPS) is 11.3. The largest absolute Gasteiger partial charge is 0.438 e. The molecule has 0 spiro atoms. The average molecular weight is 291 g/mol. The van der Waals surface area contributed by atoms with Crippen LogP contribution >= 0.6 is 0 Å². The summed E-state index contributed by atoms with van der Waals surface area (Å²) in [4.78, 5) is 7.72. The van der Waals surface area contributed by atoms with Crippen molar-refractivity contribution in [3.8, 4) is 11.4 Å². The van der Waals surface area contributed by atoms with E-state index in [-0.39, 0.29) is 12.2 Å². The zero-order valence-corrected chi connectivity index (χ0v) is 11.6. The number of aromatic amines is 1. The summed E-state index contributed by atoms with van der Waals surface area (Å²) in [6, 6.07) is 15.1. The van der Waals surface area contributed by atoms with Crippen molar-refractivity contribution in [2.45, 2.75) is 6.61 Å². The summed E-state index contributed by atoms with van der Waals surface area (Å²) >= 11 is 0. The Morgan fingerprint density at radius 1 is 1.14 bits per heavy atom. The Morgan fingerprint density at radius 2 is 2.00 bits per heavy atom. The summed E-state index contributed by atoms with van der Waals surface area (Å²) in [5, 5.41) is 18.1. The van der Waals surface area contributed by atoms with Gasteiger partial charge in [-0.15, -0.1) is 0 Å². The molecule has 0 aliphatic rings. The van der Waals surface area contributed by atoms with Crippen LogP contribution in [0.3, 0.4) is 0 Å². The molecule has 0 aliphatic carbocycles. The van der Waals surface area contributed by atoms with Crippen molar-refractivity contribution in [1.82, 2.24) is 9.97 Å². The highest BCUT2D eigenvalue weighted by Gasteiger charge is 2.10. The van der Waals surface area contributed by atoms with Crippen molar-refractivity contribution < 1.29 is 9.52 Å². The molecule has 4 rings (SSSR count). The van der Waals surface area contributed by atoms with Crippen LogP contribution < -0.4 is 5.55 Å². The third-order valence-corrected chi connectivity index (χ3v) is 3.66. The Kier molecular flexibility index (Phi) is 2.80. The lowest BCUT2D eigenvalue weighted by Crippen LogP contribution is -2.04. The van der Waals surface area contributed by atoms with E-state index in [1.54, 1.807) is 6.07 Å². The number of para-hydroxylation sites is 2. The first-order chi connectivity index (χ1) is 10.7. The molecule has 0 bridgehead atoms. The molecular formula is C17H13N3O2. The number of imidazole rings is 1. The molecule has 4 aromatic rings. The van der Waals surface area contributed by atoms with Gasteiger partial charge in [0, 0.05) is 5.39 Å². The van der Waals surface area contributed by atoms with Crippen LogP contribution in [-0.2, 0) is 6.61 Å². The molecular weight excluding hydrogens is 278 g/mol. The molecule has 0 radical (unpaired) electrons. The number of fused-ring (bicyclic) bond motifs is 2. The standard InChI is InChI=1S/C17H13N3O2/c18-16-12(17-19-13-3-1-2-4-14(13)20-17)8-11-6-5-10(9-21)7-15(11)22-16/h1-8,18,21H,9H2,(H,19,20). The Morgan fingerprint density at radius 3 is 2.82 bits per heavy atom. The van der Waals surface area contributed by atoms with Crippen LogP contribution in [0.15, 0.2) is 52.9 Å². The summed E-state index contributed by atoms with van der Waals surface area (Å²) in [5.41, 5.74) is 3.77. The zero-order chi connectivity index (χ0) is 15.1. The van der Waals surface area contributed by atoms with Crippen molar-refractivity contribution in [2.24, 2.45) is 0 Å². The van der Waals surface area contributed by atoms with Gasteiger partial charge in [-0.1, -0.05) is 24.3 Å². The van der Waals surface area contributed by atoms with Gasteiger partial charge in [-0.2, -0.15) is 0 Å². The quantitative estimate of drug-likeness (QED) is 0.530. The Balaban J connectivity index is 1.94. The minimum absolute atomic E-state index is 0.0432. The number of aliphatic hydroxyl groups excluding tert-OH is 1. The number of nitrogens with zero attached hydrogens (tertiary/aromatic N) is 1. The fourth-order valence-electron chi connectivity index (χ4n) is 2.53. The van der Waals surface area contributed by atoms with Crippen molar-refractivity contribution in [3.05, 3.63) is 59.6 Å². The first-order valence-corrected chi connectivity index (χ1v) is 6.92.